The van der Waals surface area contributed by atoms with Gasteiger partial charge < -0.3 is 19.3 Å². The van der Waals surface area contributed by atoms with Gasteiger partial charge in [0.2, 0.25) is 5.76 Å². The molecule has 0 bridgehead atoms. The van der Waals surface area contributed by atoms with Crippen LogP contribution in [0.3, 0.4) is 0 Å². The highest BCUT2D eigenvalue weighted by Crippen LogP contribution is 2.28. The van der Waals surface area contributed by atoms with Crippen molar-refractivity contribution in [2.75, 3.05) is 33.4 Å². The Hall–Kier alpha value is -2.38. The monoisotopic (exact) mass is 399 g/mol. The van der Waals surface area contributed by atoms with Gasteiger partial charge in [-0.15, -0.1) is 0 Å². The molecule has 2 fully saturated rings. The number of nitrogens with one attached hydrogen (secondary N) is 1. The zero-order valence-corrected chi connectivity index (χ0v) is 16.9. The molecule has 0 spiro atoms. The van der Waals surface area contributed by atoms with Crippen LogP contribution in [0.15, 0.2) is 34.9 Å². The summed E-state index contributed by atoms with van der Waals surface area (Å²) in [5, 5.41) is 7.16. The number of benzene rings is 1. The number of hydrogen-bond donors (Lipinski definition) is 1. The summed E-state index contributed by atoms with van der Waals surface area (Å²) in [7, 11) is 1.69. The summed E-state index contributed by atoms with van der Waals surface area (Å²) in [6.07, 6.45) is 3.93. The van der Waals surface area contributed by atoms with Crippen LogP contribution in [-0.4, -0.2) is 55.4 Å². The van der Waals surface area contributed by atoms with Crippen LogP contribution >= 0.6 is 0 Å². The predicted octanol–water partition coefficient (Wildman–Crippen LogP) is 2.97. The number of methoxy groups -OCH3 is 1. The number of ether oxygens (including phenoxy) is 2. The summed E-state index contributed by atoms with van der Waals surface area (Å²) in [5.41, 5.74) is 2.14. The van der Waals surface area contributed by atoms with Crippen LogP contribution < -0.4 is 10.1 Å². The molecule has 1 aromatic carbocycles. The molecule has 1 unspecified atom stereocenters. The maximum absolute atomic E-state index is 12.4. The maximum atomic E-state index is 12.4. The first-order chi connectivity index (χ1) is 14.2. The normalized spacial score (nSPS) is 21.1. The third kappa shape index (κ3) is 5.16. The van der Waals surface area contributed by atoms with Crippen molar-refractivity contribution in [3.8, 4) is 5.75 Å². The molecule has 29 heavy (non-hydrogen) atoms. The van der Waals surface area contributed by atoms with E-state index in [0.29, 0.717) is 18.3 Å². The van der Waals surface area contributed by atoms with Gasteiger partial charge in [0.15, 0.2) is 0 Å². The Morgan fingerprint density at radius 3 is 2.90 bits per heavy atom. The second kappa shape index (κ2) is 9.41. The lowest BCUT2D eigenvalue weighted by Gasteiger charge is -2.31. The third-order valence-electron chi connectivity index (χ3n) is 5.79. The van der Waals surface area contributed by atoms with Crippen molar-refractivity contribution in [3.63, 3.8) is 0 Å². The van der Waals surface area contributed by atoms with Gasteiger partial charge in [-0.1, -0.05) is 17.3 Å². The SMILES string of the molecule is COc1cccc(CN2CCC(c3cc(C(=O)NC4CCCOC4)on3)CC2)c1. The largest absolute Gasteiger partial charge is 0.497 e. The Bertz CT molecular complexity index is 808. The Kier molecular flexibility index (Phi) is 6.46. The van der Waals surface area contributed by atoms with Gasteiger partial charge in [0.1, 0.15) is 5.75 Å². The summed E-state index contributed by atoms with van der Waals surface area (Å²) < 4.78 is 16.1. The molecule has 2 saturated heterocycles. The van der Waals surface area contributed by atoms with Crippen molar-refractivity contribution in [1.29, 1.82) is 0 Å². The fourth-order valence-corrected chi connectivity index (χ4v) is 4.12. The van der Waals surface area contributed by atoms with E-state index in [1.165, 1.54) is 5.56 Å². The minimum atomic E-state index is -0.199. The quantitative estimate of drug-likeness (QED) is 0.805. The van der Waals surface area contributed by atoms with Crippen LogP contribution in [-0.2, 0) is 11.3 Å². The van der Waals surface area contributed by atoms with Gasteiger partial charge in [0, 0.05) is 25.1 Å². The summed E-state index contributed by atoms with van der Waals surface area (Å²) >= 11 is 0. The van der Waals surface area contributed by atoms with E-state index < -0.39 is 0 Å². The standard InChI is InChI=1S/C22H29N3O4/c1-27-19-6-2-4-16(12-19)14-25-9-7-17(8-10-25)20-13-21(29-24-20)22(26)23-18-5-3-11-28-15-18/h2,4,6,12-13,17-18H,3,5,7-11,14-15H2,1H3,(H,23,26). The number of nitrogens with zero attached hydrogens (tertiary/aromatic N) is 2. The van der Waals surface area contributed by atoms with Crippen LogP contribution in [0.4, 0.5) is 0 Å². The molecule has 0 aliphatic carbocycles. The van der Waals surface area contributed by atoms with Gasteiger partial charge in [-0.05, 0) is 56.5 Å². The second-order valence-electron chi connectivity index (χ2n) is 7.91. The van der Waals surface area contributed by atoms with E-state index >= 15 is 0 Å². The molecule has 1 aromatic heterocycles. The lowest BCUT2D eigenvalue weighted by atomic mass is 9.93. The topological polar surface area (TPSA) is 76.8 Å². The minimum absolute atomic E-state index is 0.0599. The molecule has 2 aliphatic rings. The average Bonchev–Trinajstić information content (AvgIpc) is 3.26. The summed E-state index contributed by atoms with van der Waals surface area (Å²) in [4.78, 5) is 14.8. The van der Waals surface area contributed by atoms with Gasteiger partial charge in [0.05, 0.1) is 25.5 Å². The Morgan fingerprint density at radius 2 is 2.14 bits per heavy atom. The zero-order valence-electron chi connectivity index (χ0n) is 16.9. The number of likely N-dealkylation sites (tertiary alicyclic amines) is 1. The summed E-state index contributed by atoms with van der Waals surface area (Å²) in [6.45, 7) is 4.25. The van der Waals surface area contributed by atoms with Crippen molar-refractivity contribution < 1.29 is 18.8 Å². The van der Waals surface area contributed by atoms with E-state index in [0.717, 1.165) is 63.4 Å². The van der Waals surface area contributed by atoms with Crippen molar-refractivity contribution in [2.45, 2.75) is 44.2 Å². The average molecular weight is 399 g/mol. The van der Waals surface area contributed by atoms with Gasteiger partial charge in [0.25, 0.3) is 5.91 Å². The van der Waals surface area contributed by atoms with Crippen LogP contribution in [0, 0.1) is 0 Å². The predicted molar refractivity (Wildman–Crippen MR) is 108 cm³/mol. The number of carbonyl (C=O) groups is 1. The first-order valence-corrected chi connectivity index (χ1v) is 10.4. The third-order valence-corrected chi connectivity index (χ3v) is 5.79. The number of piperidine rings is 1. The number of carbonyl (C=O) groups excluding carboxylic acids is 1. The molecule has 156 valence electrons. The molecule has 0 saturated carbocycles. The van der Waals surface area contributed by atoms with E-state index in [2.05, 4.69) is 27.5 Å². The highest BCUT2D eigenvalue weighted by atomic mass is 16.5. The molecule has 0 radical (unpaired) electrons. The van der Waals surface area contributed by atoms with E-state index in [1.807, 2.05) is 12.1 Å². The molecule has 7 nitrogen and oxygen atoms in total. The van der Waals surface area contributed by atoms with Gasteiger partial charge in [-0.25, -0.2) is 0 Å². The van der Waals surface area contributed by atoms with Crippen LogP contribution in [0.2, 0.25) is 0 Å². The van der Waals surface area contributed by atoms with E-state index in [9.17, 15) is 4.79 Å². The number of rotatable bonds is 6. The highest BCUT2D eigenvalue weighted by Gasteiger charge is 2.26. The van der Waals surface area contributed by atoms with Crippen LogP contribution in [0.1, 0.15) is 53.4 Å². The Labute approximate surface area is 171 Å². The van der Waals surface area contributed by atoms with E-state index in [-0.39, 0.29) is 11.9 Å². The van der Waals surface area contributed by atoms with Crippen molar-refractivity contribution in [2.24, 2.45) is 0 Å². The summed E-state index contributed by atoms with van der Waals surface area (Å²) in [6, 6.07) is 10.1. The lowest BCUT2D eigenvalue weighted by molar-refractivity contribution is 0.0608. The fraction of sp³-hybridized carbons (Fsp3) is 0.545. The van der Waals surface area contributed by atoms with Crippen molar-refractivity contribution >= 4 is 5.91 Å². The molecular formula is C22H29N3O4. The molecule has 3 heterocycles. The molecule has 4 rings (SSSR count). The molecule has 7 heteroatoms. The first-order valence-electron chi connectivity index (χ1n) is 10.4. The molecule has 2 aromatic rings. The van der Waals surface area contributed by atoms with E-state index in [4.69, 9.17) is 14.0 Å². The fourth-order valence-electron chi connectivity index (χ4n) is 4.12. The number of hydrogen-bond acceptors (Lipinski definition) is 6. The van der Waals surface area contributed by atoms with Crippen molar-refractivity contribution in [1.82, 2.24) is 15.4 Å². The maximum Gasteiger partial charge on any atom is 0.290 e. The zero-order chi connectivity index (χ0) is 20.1. The first kappa shape index (κ1) is 19.9. The van der Waals surface area contributed by atoms with Crippen molar-refractivity contribution in [3.05, 3.63) is 47.3 Å². The summed E-state index contributed by atoms with van der Waals surface area (Å²) in [5.74, 6) is 1.32. The molecule has 1 amide bonds. The van der Waals surface area contributed by atoms with Crippen LogP contribution in [0.5, 0.6) is 5.75 Å². The van der Waals surface area contributed by atoms with Gasteiger partial charge >= 0.3 is 0 Å². The minimum Gasteiger partial charge on any atom is -0.497 e. The molecular weight excluding hydrogens is 370 g/mol. The molecule has 2 aliphatic heterocycles. The molecule has 1 N–H and O–H groups in total. The lowest BCUT2D eigenvalue weighted by Crippen LogP contribution is -2.40. The second-order valence-corrected chi connectivity index (χ2v) is 7.91. The highest BCUT2D eigenvalue weighted by molar-refractivity contribution is 5.91. The van der Waals surface area contributed by atoms with Gasteiger partial charge in [-0.3, -0.25) is 9.69 Å². The molecule has 1 atom stereocenters. The number of amides is 1. The van der Waals surface area contributed by atoms with E-state index in [1.54, 1.807) is 13.2 Å². The smallest absolute Gasteiger partial charge is 0.290 e. The Morgan fingerprint density at radius 1 is 1.28 bits per heavy atom. The number of aromatic nitrogens is 1. The van der Waals surface area contributed by atoms with Crippen LogP contribution in [0.25, 0.3) is 0 Å². The van der Waals surface area contributed by atoms with Gasteiger partial charge in [-0.2, -0.15) is 0 Å². The Balaban J connectivity index is 1.28.